The summed E-state index contributed by atoms with van der Waals surface area (Å²) in [4.78, 5) is 11.0. The Morgan fingerprint density at radius 2 is 0.862 bits per heavy atom. The first-order valence-electron chi connectivity index (χ1n) is 22.5. The van der Waals surface area contributed by atoms with Crippen molar-refractivity contribution in [3.63, 3.8) is 0 Å². The van der Waals surface area contributed by atoms with Crippen molar-refractivity contribution in [2.24, 2.45) is 0 Å². The van der Waals surface area contributed by atoms with Crippen LogP contribution in [0, 0.1) is 0 Å². The Hall–Kier alpha value is -8.14. The van der Waals surface area contributed by atoms with Crippen LogP contribution in [-0.4, -0.2) is 9.97 Å². The van der Waals surface area contributed by atoms with E-state index in [-0.39, 0.29) is 5.41 Å². The maximum atomic E-state index is 6.26. The van der Waals surface area contributed by atoms with Crippen LogP contribution < -0.4 is 0 Å². The summed E-state index contributed by atoms with van der Waals surface area (Å²) in [6.07, 6.45) is 0. The summed E-state index contributed by atoms with van der Waals surface area (Å²) in [5.41, 5.74) is 20.7. The molecule has 0 saturated heterocycles. The van der Waals surface area contributed by atoms with Crippen LogP contribution in [0.15, 0.2) is 223 Å². The zero-order chi connectivity index (χ0) is 43.3. The highest BCUT2D eigenvalue weighted by molar-refractivity contribution is 6.06. The number of hydrogen-bond donors (Lipinski definition) is 0. The molecule has 0 bridgehead atoms. The van der Waals surface area contributed by atoms with Gasteiger partial charge in [0.15, 0.2) is 5.82 Å². The highest BCUT2D eigenvalue weighted by Crippen LogP contribution is 2.57. The Morgan fingerprint density at radius 3 is 1.62 bits per heavy atom. The van der Waals surface area contributed by atoms with Crippen molar-refractivity contribution in [2.45, 2.75) is 24.7 Å². The molecule has 65 heavy (non-hydrogen) atoms. The predicted octanol–water partition coefficient (Wildman–Crippen LogP) is 15.7. The molecule has 9 aromatic carbocycles. The van der Waals surface area contributed by atoms with Gasteiger partial charge >= 0.3 is 0 Å². The summed E-state index contributed by atoms with van der Waals surface area (Å²) in [5, 5.41) is 2.20. The van der Waals surface area contributed by atoms with Crippen molar-refractivity contribution in [1.82, 2.24) is 9.97 Å². The van der Waals surface area contributed by atoms with E-state index in [2.05, 4.69) is 220 Å². The van der Waals surface area contributed by atoms with Gasteiger partial charge < -0.3 is 4.42 Å². The van der Waals surface area contributed by atoms with Crippen molar-refractivity contribution in [2.75, 3.05) is 0 Å². The van der Waals surface area contributed by atoms with E-state index in [1.165, 1.54) is 55.6 Å². The summed E-state index contributed by atoms with van der Waals surface area (Å²) < 4.78 is 6.26. The minimum absolute atomic E-state index is 0.169. The first-order chi connectivity index (χ1) is 32.0. The number of fused-ring (bicyclic) bond motifs is 9. The van der Waals surface area contributed by atoms with Gasteiger partial charge in [0.1, 0.15) is 11.2 Å². The number of aromatic nitrogens is 2. The molecule has 3 heteroatoms. The molecule has 11 aromatic rings. The molecule has 0 atom stereocenters. The SMILES string of the molecule is CC1(C)c2ccccc2-c2ccc(-c3nc(-c4ccc5c(c4)C(c4ccccc4)(c4ccccc4)c4ccccc4-5)cc(-c4ccccc4-c4ccc5oc6ccccc6c5c4)n3)cc21. The molecule has 0 aliphatic heterocycles. The van der Waals surface area contributed by atoms with Crippen molar-refractivity contribution in [1.29, 1.82) is 0 Å². The standard InChI is InChI=1S/C62H42N2O/c1-61(2)52-26-14-11-22-45(52)47-33-30-41(37-54(47)61)60-63-56(38-57(64-60)49-24-10-9-21-44(49)39-31-34-59-51(35-39)50-25-13-16-28-58(50)65-59)40-29-32-48-46-23-12-15-27-53(46)62(55(48)36-40,42-17-5-3-6-18-42)43-19-7-4-8-20-43/h3-38H,1-2H3. The Kier molecular flexibility index (Phi) is 8.17. The third-order valence-corrected chi connectivity index (χ3v) is 14.2. The third-order valence-electron chi connectivity index (χ3n) is 14.2. The Morgan fingerprint density at radius 1 is 0.338 bits per heavy atom. The van der Waals surface area contributed by atoms with E-state index >= 15 is 0 Å². The quantitative estimate of drug-likeness (QED) is 0.168. The topological polar surface area (TPSA) is 38.9 Å². The van der Waals surface area contributed by atoms with Crippen LogP contribution in [0.1, 0.15) is 47.2 Å². The molecule has 0 unspecified atom stereocenters. The predicted molar refractivity (Wildman–Crippen MR) is 266 cm³/mol. The molecule has 0 saturated carbocycles. The summed E-state index contributed by atoms with van der Waals surface area (Å²) in [6.45, 7) is 4.66. The van der Waals surface area contributed by atoms with Gasteiger partial charge in [0, 0.05) is 32.9 Å². The van der Waals surface area contributed by atoms with E-state index in [0.717, 1.165) is 61.1 Å². The minimum Gasteiger partial charge on any atom is -0.456 e. The second-order valence-corrected chi connectivity index (χ2v) is 18.0. The fourth-order valence-corrected chi connectivity index (χ4v) is 11.2. The fraction of sp³-hybridized carbons (Fsp3) is 0.0645. The fourth-order valence-electron chi connectivity index (χ4n) is 11.2. The molecular weight excluding hydrogens is 789 g/mol. The van der Waals surface area contributed by atoms with Crippen LogP contribution in [0.25, 0.3) is 89.2 Å². The van der Waals surface area contributed by atoms with Gasteiger partial charge in [0.25, 0.3) is 0 Å². The first kappa shape index (κ1) is 37.4. The molecule has 306 valence electrons. The van der Waals surface area contributed by atoms with Crippen LogP contribution in [0.3, 0.4) is 0 Å². The van der Waals surface area contributed by atoms with Crippen molar-refractivity contribution in [3.8, 4) is 67.3 Å². The molecule has 13 rings (SSSR count). The number of furan rings is 1. The maximum Gasteiger partial charge on any atom is 0.160 e. The summed E-state index contributed by atoms with van der Waals surface area (Å²) in [6, 6.07) is 79.1. The highest BCUT2D eigenvalue weighted by Gasteiger charge is 2.46. The Labute approximate surface area is 378 Å². The van der Waals surface area contributed by atoms with Gasteiger partial charge in [-0.25, -0.2) is 9.97 Å². The smallest absolute Gasteiger partial charge is 0.160 e. The molecule has 0 N–H and O–H groups in total. The number of para-hydroxylation sites is 1. The molecule has 0 spiro atoms. The van der Waals surface area contributed by atoms with Crippen LogP contribution in [-0.2, 0) is 10.8 Å². The molecule has 0 radical (unpaired) electrons. The van der Waals surface area contributed by atoms with Crippen LogP contribution >= 0.6 is 0 Å². The van der Waals surface area contributed by atoms with E-state index in [9.17, 15) is 0 Å². The lowest BCUT2D eigenvalue weighted by molar-refractivity contribution is 0.660. The molecule has 2 aliphatic carbocycles. The maximum absolute atomic E-state index is 6.26. The molecule has 2 aromatic heterocycles. The second kappa shape index (κ2) is 14.2. The molecule has 3 nitrogen and oxygen atoms in total. The lowest BCUT2D eigenvalue weighted by Crippen LogP contribution is -2.28. The monoisotopic (exact) mass is 830 g/mol. The van der Waals surface area contributed by atoms with Gasteiger partial charge in [0.05, 0.1) is 16.8 Å². The lowest BCUT2D eigenvalue weighted by atomic mass is 9.67. The number of benzene rings is 9. The summed E-state index contributed by atoms with van der Waals surface area (Å²) >= 11 is 0. The van der Waals surface area contributed by atoms with Crippen LogP contribution in [0.4, 0.5) is 0 Å². The molecule has 0 amide bonds. The van der Waals surface area contributed by atoms with E-state index in [1.54, 1.807) is 0 Å². The van der Waals surface area contributed by atoms with Gasteiger partial charge in [-0.3, -0.25) is 0 Å². The molecule has 2 aliphatic rings. The Bertz CT molecular complexity index is 3650. The van der Waals surface area contributed by atoms with Gasteiger partial charge in [-0.1, -0.05) is 196 Å². The molecular formula is C62H42N2O. The highest BCUT2D eigenvalue weighted by atomic mass is 16.3. The van der Waals surface area contributed by atoms with E-state index in [4.69, 9.17) is 14.4 Å². The number of nitrogens with zero attached hydrogens (tertiary/aromatic N) is 2. The van der Waals surface area contributed by atoms with Crippen molar-refractivity contribution in [3.05, 3.63) is 252 Å². The number of rotatable bonds is 6. The average molecular weight is 831 g/mol. The second-order valence-electron chi connectivity index (χ2n) is 18.0. The van der Waals surface area contributed by atoms with E-state index < -0.39 is 5.41 Å². The molecule has 0 fully saturated rings. The first-order valence-corrected chi connectivity index (χ1v) is 22.5. The Balaban J connectivity index is 1.04. The van der Waals surface area contributed by atoms with E-state index in [0.29, 0.717) is 5.82 Å². The van der Waals surface area contributed by atoms with E-state index in [1.807, 2.05) is 12.1 Å². The zero-order valence-electron chi connectivity index (χ0n) is 36.1. The van der Waals surface area contributed by atoms with Gasteiger partial charge in [0.2, 0.25) is 0 Å². The van der Waals surface area contributed by atoms with Gasteiger partial charge in [-0.15, -0.1) is 0 Å². The average Bonchev–Trinajstić information content (AvgIpc) is 3.97. The third kappa shape index (κ3) is 5.55. The van der Waals surface area contributed by atoms with Crippen molar-refractivity contribution >= 4 is 21.9 Å². The summed E-state index contributed by atoms with van der Waals surface area (Å²) in [7, 11) is 0. The normalized spacial score (nSPS) is 13.9. The zero-order valence-corrected chi connectivity index (χ0v) is 36.1. The summed E-state index contributed by atoms with van der Waals surface area (Å²) in [5.74, 6) is 0.694. The largest absolute Gasteiger partial charge is 0.456 e. The molecule has 2 heterocycles. The van der Waals surface area contributed by atoms with Gasteiger partial charge in [-0.05, 0) is 103 Å². The number of hydrogen-bond acceptors (Lipinski definition) is 3. The van der Waals surface area contributed by atoms with Gasteiger partial charge in [-0.2, -0.15) is 0 Å². The lowest BCUT2D eigenvalue weighted by Gasteiger charge is -2.34. The van der Waals surface area contributed by atoms with Crippen LogP contribution in [0.2, 0.25) is 0 Å². The van der Waals surface area contributed by atoms with Crippen LogP contribution in [0.5, 0.6) is 0 Å². The minimum atomic E-state index is -0.535. The van der Waals surface area contributed by atoms with Crippen molar-refractivity contribution < 1.29 is 4.42 Å².